The number of hydrogen-bond acceptors (Lipinski definition) is 5. The van der Waals surface area contributed by atoms with Crippen molar-refractivity contribution in [2.45, 2.75) is 19.4 Å². The lowest BCUT2D eigenvalue weighted by Gasteiger charge is -2.18. The Balaban J connectivity index is 1.53. The summed E-state index contributed by atoms with van der Waals surface area (Å²) in [6.45, 7) is 1.41. The summed E-state index contributed by atoms with van der Waals surface area (Å²) in [6.07, 6.45) is 0.0131. The van der Waals surface area contributed by atoms with Gasteiger partial charge in [0.05, 0.1) is 18.2 Å². The first-order valence-corrected chi connectivity index (χ1v) is 11.0. The Morgan fingerprint density at radius 3 is 2.21 bits per heavy atom. The molecule has 172 valence electrons. The zero-order valence-corrected chi connectivity index (χ0v) is 19.2. The van der Waals surface area contributed by atoms with Gasteiger partial charge in [0, 0.05) is 17.5 Å². The maximum atomic E-state index is 12.8. The number of benzene rings is 3. The van der Waals surface area contributed by atoms with Crippen molar-refractivity contribution in [3.8, 4) is 17.1 Å². The van der Waals surface area contributed by atoms with Crippen LogP contribution in [0.3, 0.4) is 0 Å². The molecule has 0 aliphatic heterocycles. The fourth-order valence-corrected chi connectivity index (χ4v) is 3.64. The largest absolute Gasteiger partial charge is 0.349 e. The molecule has 8 nitrogen and oxygen atoms in total. The highest BCUT2D eigenvalue weighted by Crippen LogP contribution is 2.25. The zero-order chi connectivity index (χ0) is 23.9. The summed E-state index contributed by atoms with van der Waals surface area (Å²) in [6, 6.07) is 25.7. The molecule has 0 spiro atoms. The maximum Gasteiger partial charge on any atom is 0.248 e. The molecule has 0 saturated carbocycles. The number of rotatable bonds is 8. The molecule has 0 bridgehead atoms. The lowest BCUT2D eigenvalue weighted by atomic mass is 10.0. The van der Waals surface area contributed by atoms with Gasteiger partial charge in [-0.1, -0.05) is 72.3 Å². The first kappa shape index (κ1) is 23.0. The van der Waals surface area contributed by atoms with Gasteiger partial charge in [-0.2, -0.15) is 0 Å². The number of hydrazine groups is 1. The van der Waals surface area contributed by atoms with Gasteiger partial charge < -0.3 is 5.32 Å². The number of nitrogens with one attached hydrogen (secondary N) is 3. The average Bonchev–Trinajstić information content (AvgIpc) is 3.28. The SMILES string of the molecule is CC(=O)NC(CC(=O)NNc1nnc(-c2ccccc2)n1-c1ccccc1)c1ccc(Cl)cc1. The molecule has 3 aromatic carbocycles. The number of anilines is 1. The Morgan fingerprint density at radius 1 is 0.912 bits per heavy atom. The van der Waals surface area contributed by atoms with Crippen LogP contribution >= 0.6 is 11.6 Å². The van der Waals surface area contributed by atoms with Crippen molar-refractivity contribution in [3.05, 3.63) is 95.5 Å². The van der Waals surface area contributed by atoms with Gasteiger partial charge in [-0.25, -0.2) is 0 Å². The first-order chi connectivity index (χ1) is 16.5. The van der Waals surface area contributed by atoms with Gasteiger partial charge in [-0.15, -0.1) is 10.2 Å². The van der Waals surface area contributed by atoms with Crippen LogP contribution in [0.1, 0.15) is 24.9 Å². The predicted octanol–water partition coefficient (Wildman–Crippen LogP) is 4.30. The molecule has 1 aromatic heterocycles. The second kappa shape index (κ2) is 10.6. The van der Waals surface area contributed by atoms with Crippen molar-refractivity contribution in [3.63, 3.8) is 0 Å². The van der Waals surface area contributed by atoms with E-state index in [0.717, 1.165) is 16.8 Å². The van der Waals surface area contributed by atoms with Gasteiger partial charge in [0.2, 0.25) is 17.8 Å². The van der Waals surface area contributed by atoms with Crippen LogP contribution in [0, 0.1) is 0 Å². The third-order valence-electron chi connectivity index (χ3n) is 5.06. The maximum absolute atomic E-state index is 12.8. The Kier molecular flexibility index (Phi) is 7.19. The predicted molar refractivity (Wildman–Crippen MR) is 131 cm³/mol. The van der Waals surface area contributed by atoms with Crippen molar-refractivity contribution in [2.75, 3.05) is 5.43 Å². The highest BCUT2D eigenvalue weighted by molar-refractivity contribution is 6.30. The van der Waals surface area contributed by atoms with E-state index in [-0.39, 0.29) is 18.2 Å². The molecule has 9 heteroatoms. The Bertz CT molecular complexity index is 1260. The van der Waals surface area contributed by atoms with Crippen molar-refractivity contribution in [2.24, 2.45) is 0 Å². The van der Waals surface area contributed by atoms with E-state index < -0.39 is 6.04 Å². The topological polar surface area (TPSA) is 101 Å². The van der Waals surface area contributed by atoms with Crippen molar-refractivity contribution >= 4 is 29.4 Å². The summed E-state index contributed by atoms with van der Waals surface area (Å²) in [5.74, 6) is 0.399. The number of amides is 2. The smallest absolute Gasteiger partial charge is 0.248 e. The van der Waals surface area contributed by atoms with E-state index in [1.807, 2.05) is 65.2 Å². The molecule has 1 atom stereocenters. The molecule has 0 radical (unpaired) electrons. The molecule has 4 rings (SSSR count). The molecule has 0 saturated heterocycles. The number of hydrogen-bond donors (Lipinski definition) is 3. The molecule has 4 aromatic rings. The van der Waals surface area contributed by atoms with Gasteiger partial charge in [0.25, 0.3) is 0 Å². The highest BCUT2D eigenvalue weighted by Gasteiger charge is 2.19. The van der Waals surface area contributed by atoms with E-state index in [9.17, 15) is 9.59 Å². The van der Waals surface area contributed by atoms with Crippen LogP contribution in [0.2, 0.25) is 5.02 Å². The minimum atomic E-state index is -0.511. The van der Waals surface area contributed by atoms with Gasteiger partial charge in [-0.3, -0.25) is 25.0 Å². The lowest BCUT2D eigenvalue weighted by Crippen LogP contribution is -2.35. The van der Waals surface area contributed by atoms with E-state index in [4.69, 9.17) is 11.6 Å². The normalized spacial score (nSPS) is 11.5. The number of nitrogens with zero attached hydrogens (tertiary/aromatic N) is 3. The summed E-state index contributed by atoms with van der Waals surface area (Å²) >= 11 is 5.97. The number of carbonyl (C=O) groups excluding carboxylic acids is 2. The van der Waals surface area contributed by atoms with E-state index in [0.29, 0.717) is 16.8 Å². The monoisotopic (exact) mass is 474 g/mol. The van der Waals surface area contributed by atoms with Crippen LogP contribution in [0.25, 0.3) is 17.1 Å². The Labute approximate surface area is 202 Å². The van der Waals surface area contributed by atoms with Crippen LogP contribution in [0.4, 0.5) is 5.95 Å². The molecule has 0 aliphatic rings. The van der Waals surface area contributed by atoms with Crippen molar-refractivity contribution in [1.29, 1.82) is 0 Å². The molecule has 2 amide bonds. The summed E-state index contributed by atoms with van der Waals surface area (Å²) in [4.78, 5) is 24.5. The van der Waals surface area contributed by atoms with Crippen LogP contribution in [0.5, 0.6) is 0 Å². The fourth-order valence-electron chi connectivity index (χ4n) is 3.52. The fraction of sp³-hybridized carbons (Fsp3) is 0.120. The molecule has 34 heavy (non-hydrogen) atoms. The minimum Gasteiger partial charge on any atom is -0.349 e. The first-order valence-electron chi connectivity index (χ1n) is 10.6. The molecule has 0 aliphatic carbocycles. The molecule has 1 unspecified atom stereocenters. The van der Waals surface area contributed by atoms with E-state index in [1.54, 1.807) is 24.3 Å². The summed E-state index contributed by atoms with van der Waals surface area (Å²) < 4.78 is 1.82. The summed E-state index contributed by atoms with van der Waals surface area (Å²) in [7, 11) is 0. The molecule has 3 N–H and O–H groups in total. The van der Waals surface area contributed by atoms with Crippen molar-refractivity contribution in [1.82, 2.24) is 25.5 Å². The van der Waals surface area contributed by atoms with Crippen LogP contribution in [-0.2, 0) is 9.59 Å². The summed E-state index contributed by atoms with van der Waals surface area (Å²) in [5, 5.41) is 11.9. The van der Waals surface area contributed by atoms with Gasteiger partial charge in [0.15, 0.2) is 5.82 Å². The molecule has 0 fully saturated rings. The van der Waals surface area contributed by atoms with E-state index >= 15 is 0 Å². The number of halogens is 1. The van der Waals surface area contributed by atoms with Crippen LogP contribution in [-0.4, -0.2) is 26.6 Å². The quantitative estimate of drug-likeness (QED) is 0.330. The van der Waals surface area contributed by atoms with Gasteiger partial charge >= 0.3 is 0 Å². The Hall–Kier alpha value is -4.17. The molecule has 1 heterocycles. The molecular formula is C25H23ClN6O2. The number of para-hydroxylation sites is 1. The zero-order valence-electron chi connectivity index (χ0n) is 18.4. The lowest BCUT2D eigenvalue weighted by molar-refractivity contribution is -0.122. The van der Waals surface area contributed by atoms with E-state index in [1.165, 1.54) is 6.92 Å². The Morgan fingerprint density at radius 2 is 1.56 bits per heavy atom. The third-order valence-corrected chi connectivity index (χ3v) is 5.31. The second-order valence-electron chi connectivity index (χ2n) is 7.57. The highest BCUT2D eigenvalue weighted by atomic mass is 35.5. The minimum absolute atomic E-state index is 0.0131. The van der Waals surface area contributed by atoms with E-state index in [2.05, 4.69) is 26.4 Å². The average molecular weight is 475 g/mol. The summed E-state index contributed by atoms with van der Waals surface area (Å²) in [5.41, 5.74) is 8.03. The number of carbonyl (C=O) groups is 2. The van der Waals surface area contributed by atoms with Gasteiger partial charge in [0.1, 0.15) is 0 Å². The second-order valence-corrected chi connectivity index (χ2v) is 8.00. The van der Waals surface area contributed by atoms with Gasteiger partial charge in [-0.05, 0) is 29.8 Å². The van der Waals surface area contributed by atoms with Crippen molar-refractivity contribution < 1.29 is 9.59 Å². The third kappa shape index (κ3) is 5.60. The van der Waals surface area contributed by atoms with Crippen LogP contribution in [0.15, 0.2) is 84.9 Å². The standard InChI is InChI=1S/C25H23ClN6O2/c1-17(33)27-22(18-12-14-20(26)15-13-18)16-23(34)28-30-25-31-29-24(19-8-4-2-5-9-19)32(25)21-10-6-3-7-11-21/h2-15,22H,16H2,1H3,(H,27,33)(H,28,34)(H,30,31). The van der Waals surface area contributed by atoms with Crippen LogP contribution < -0.4 is 16.2 Å². The number of aromatic nitrogens is 3. The molecular weight excluding hydrogens is 452 g/mol.